The maximum Gasteiger partial charge on any atom is 0.0643 e. The predicted molar refractivity (Wildman–Crippen MR) is 74.4 cm³/mol. The van der Waals surface area contributed by atoms with E-state index in [9.17, 15) is 5.11 Å². The lowest BCUT2D eigenvalue weighted by molar-refractivity contribution is -0.164. The maximum atomic E-state index is 9.87. The molecule has 0 radical (unpaired) electrons. The Labute approximate surface area is 111 Å². The first-order chi connectivity index (χ1) is 8.56. The lowest BCUT2D eigenvalue weighted by atomic mass is 9.56. The van der Waals surface area contributed by atoms with Crippen molar-refractivity contribution in [2.24, 2.45) is 23.2 Å². The number of aliphatic hydroxyl groups excluding tert-OH is 1. The lowest BCUT2D eigenvalue weighted by Gasteiger charge is -2.55. The van der Waals surface area contributed by atoms with E-state index < -0.39 is 0 Å². The highest BCUT2D eigenvalue weighted by Gasteiger charge is 2.52. The quantitative estimate of drug-likeness (QED) is 0.777. The first kappa shape index (κ1) is 14.1. The fraction of sp³-hybridized carbons (Fsp3) is 0.875. The van der Waals surface area contributed by atoms with Crippen LogP contribution in [0.3, 0.4) is 0 Å². The molecule has 104 valence electrons. The van der Waals surface area contributed by atoms with Crippen LogP contribution in [0.25, 0.3) is 0 Å². The van der Waals surface area contributed by atoms with E-state index in [1.165, 1.54) is 18.4 Å². The van der Waals surface area contributed by atoms with E-state index in [4.69, 9.17) is 4.74 Å². The molecule has 1 N–H and O–H groups in total. The third-order valence-electron chi connectivity index (χ3n) is 5.49. The first-order valence-electron chi connectivity index (χ1n) is 7.47. The van der Waals surface area contributed by atoms with Gasteiger partial charge in [-0.2, -0.15) is 0 Å². The van der Waals surface area contributed by atoms with E-state index in [-0.39, 0.29) is 12.0 Å². The Hall–Kier alpha value is -0.340. The van der Waals surface area contributed by atoms with Crippen LogP contribution in [0.4, 0.5) is 0 Å². The van der Waals surface area contributed by atoms with Gasteiger partial charge in [-0.3, -0.25) is 0 Å². The minimum Gasteiger partial charge on any atom is -0.396 e. The molecule has 1 saturated heterocycles. The third-order valence-corrected chi connectivity index (χ3v) is 5.49. The molecule has 2 rings (SSSR count). The second kappa shape index (κ2) is 5.34. The molecular formula is C16H28O2. The van der Waals surface area contributed by atoms with Crippen molar-refractivity contribution in [1.29, 1.82) is 0 Å². The van der Waals surface area contributed by atoms with Gasteiger partial charge in [0.1, 0.15) is 0 Å². The molecule has 2 aliphatic rings. The van der Waals surface area contributed by atoms with Gasteiger partial charge < -0.3 is 9.84 Å². The normalized spacial score (nSPS) is 43.7. The molecule has 0 unspecified atom stereocenters. The molecule has 5 atom stereocenters. The summed E-state index contributed by atoms with van der Waals surface area (Å²) in [6, 6.07) is 0. The van der Waals surface area contributed by atoms with Crippen LogP contribution in [0.15, 0.2) is 11.6 Å². The Kier molecular flexibility index (Phi) is 4.18. The first-order valence-corrected chi connectivity index (χ1v) is 7.47. The van der Waals surface area contributed by atoms with Crippen molar-refractivity contribution in [1.82, 2.24) is 0 Å². The van der Waals surface area contributed by atoms with Gasteiger partial charge in [0.2, 0.25) is 0 Å². The molecule has 2 heteroatoms. The molecule has 0 aromatic carbocycles. The molecule has 1 aliphatic carbocycles. The lowest BCUT2D eigenvalue weighted by Crippen LogP contribution is -2.56. The minimum atomic E-state index is -0.0487. The third kappa shape index (κ3) is 2.04. The van der Waals surface area contributed by atoms with Crippen LogP contribution >= 0.6 is 0 Å². The van der Waals surface area contributed by atoms with E-state index in [0.29, 0.717) is 23.9 Å². The fourth-order valence-electron chi connectivity index (χ4n) is 4.08. The predicted octanol–water partition coefficient (Wildman–Crippen LogP) is 3.40. The summed E-state index contributed by atoms with van der Waals surface area (Å²) in [6.07, 6.45) is 6.37. The Morgan fingerprint density at radius 1 is 1.44 bits per heavy atom. The summed E-state index contributed by atoms with van der Waals surface area (Å²) in [5.74, 6) is 1.45. The number of hydrogen-bond acceptors (Lipinski definition) is 2. The number of hydrogen-bond donors (Lipinski definition) is 1. The van der Waals surface area contributed by atoms with E-state index in [0.717, 1.165) is 13.0 Å². The summed E-state index contributed by atoms with van der Waals surface area (Å²) in [6.45, 7) is 9.98. The van der Waals surface area contributed by atoms with Gasteiger partial charge in [0, 0.05) is 11.3 Å². The standard InChI is InChI=1S/C16H28O2/c1-5-6-7-14-15-11(2)8-12(3)16(9-17,10-18-14)13(15)4/h8,12-15,17H,5-7,9-10H2,1-4H3/t12-,13-,14+,15+,16+/m1/s1. The second-order valence-electron chi connectivity index (χ2n) is 6.40. The highest BCUT2D eigenvalue weighted by molar-refractivity contribution is 5.20. The van der Waals surface area contributed by atoms with Gasteiger partial charge in [-0.15, -0.1) is 0 Å². The minimum absolute atomic E-state index is 0.0487. The Bertz CT molecular complexity index is 323. The molecule has 0 aromatic rings. The molecular weight excluding hydrogens is 224 g/mol. The van der Waals surface area contributed by atoms with Crippen LogP contribution in [0.5, 0.6) is 0 Å². The summed E-state index contributed by atoms with van der Waals surface area (Å²) in [5.41, 5.74) is 1.42. The highest BCUT2D eigenvalue weighted by atomic mass is 16.5. The van der Waals surface area contributed by atoms with Crippen LogP contribution in [0, 0.1) is 23.2 Å². The fourth-order valence-corrected chi connectivity index (χ4v) is 4.08. The summed E-state index contributed by atoms with van der Waals surface area (Å²) in [4.78, 5) is 0. The number of allylic oxidation sites excluding steroid dienone is 1. The monoisotopic (exact) mass is 252 g/mol. The van der Waals surface area contributed by atoms with Crippen molar-refractivity contribution in [2.75, 3.05) is 13.2 Å². The van der Waals surface area contributed by atoms with Crippen LogP contribution in [-0.2, 0) is 4.74 Å². The molecule has 1 fully saturated rings. The van der Waals surface area contributed by atoms with Gasteiger partial charge in [-0.1, -0.05) is 45.3 Å². The van der Waals surface area contributed by atoms with E-state index >= 15 is 0 Å². The molecule has 18 heavy (non-hydrogen) atoms. The zero-order valence-electron chi connectivity index (χ0n) is 12.3. The summed E-state index contributed by atoms with van der Waals surface area (Å²) in [5, 5.41) is 9.87. The van der Waals surface area contributed by atoms with E-state index in [2.05, 4.69) is 33.8 Å². The van der Waals surface area contributed by atoms with Crippen molar-refractivity contribution in [3.05, 3.63) is 11.6 Å². The van der Waals surface area contributed by atoms with E-state index in [1.54, 1.807) is 0 Å². The molecule has 0 spiro atoms. The van der Waals surface area contributed by atoms with Crippen molar-refractivity contribution >= 4 is 0 Å². The van der Waals surface area contributed by atoms with Gasteiger partial charge in [-0.05, 0) is 25.2 Å². The number of ether oxygens (including phenoxy) is 1. The van der Waals surface area contributed by atoms with Crippen molar-refractivity contribution in [3.63, 3.8) is 0 Å². The smallest absolute Gasteiger partial charge is 0.0643 e. The van der Waals surface area contributed by atoms with Gasteiger partial charge in [0.05, 0.1) is 19.3 Å². The average molecular weight is 252 g/mol. The van der Waals surface area contributed by atoms with Crippen LogP contribution < -0.4 is 0 Å². The molecule has 0 aromatic heterocycles. The van der Waals surface area contributed by atoms with Gasteiger partial charge in [0.15, 0.2) is 0 Å². The highest BCUT2D eigenvalue weighted by Crippen LogP contribution is 2.52. The average Bonchev–Trinajstić information content (AvgIpc) is 2.34. The van der Waals surface area contributed by atoms with Crippen molar-refractivity contribution in [3.8, 4) is 0 Å². The number of rotatable bonds is 4. The van der Waals surface area contributed by atoms with Crippen LogP contribution in [0.2, 0.25) is 0 Å². The summed E-state index contributed by atoms with van der Waals surface area (Å²) >= 11 is 0. The summed E-state index contributed by atoms with van der Waals surface area (Å²) < 4.78 is 6.15. The number of fused-ring (bicyclic) bond motifs is 2. The largest absolute Gasteiger partial charge is 0.396 e. The zero-order valence-corrected chi connectivity index (χ0v) is 12.3. The maximum absolute atomic E-state index is 9.87. The Morgan fingerprint density at radius 2 is 2.17 bits per heavy atom. The van der Waals surface area contributed by atoms with Crippen molar-refractivity contribution < 1.29 is 9.84 Å². The topological polar surface area (TPSA) is 29.5 Å². The molecule has 2 nitrogen and oxygen atoms in total. The molecule has 1 aliphatic heterocycles. The number of aliphatic hydroxyl groups is 1. The van der Waals surface area contributed by atoms with Crippen molar-refractivity contribution in [2.45, 2.75) is 53.1 Å². The van der Waals surface area contributed by atoms with E-state index in [1.807, 2.05) is 0 Å². The van der Waals surface area contributed by atoms with Gasteiger partial charge in [-0.25, -0.2) is 0 Å². The second-order valence-corrected chi connectivity index (χ2v) is 6.40. The Balaban J connectivity index is 2.26. The molecule has 1 heterocycles. The molecule has 0 saturated carbocycles. The zero-order chi connectivity index (χ0) is 13.3. The molecule has 0 amide bonds. The Morgan fingerprint density at radius 3 is 2.78 bits per heavy atom. The summed E-state index contributed by atoms with van der Waals surface area (Å²) in [7, 11) is 0. The number of unbranched alkanes of at least 4 members (excludes halogenated alkanes) is 1. The van der Waals surface area contributed by atoms with Crippen LogP contribution in [0.1, 0.15) is 47.0 Å². The van der Waals surface area contributed by atoms with Crippen LogP contribution in [-0.4, -0.2) is 24.4 Å². The van der Waals surface area contributed by atoms with Gasteiger partial charge in [0.25, 0.3) is 0 Å². The molecule has 2 bridgehead atoms. The van der Waals surface area contributed by atoms with Gasteiger partial charge >= 0.3 is 0 Å². The SMILES string of the molecule is CCCC[C@@H]1OC[C@@]2(CO)[C@H](C)C=C(C)[C@H]1[C@H]2C.